The predicted molar refractivity (Wildman–Crippen MR) is 67.6 cm³/mol. The Hall–Kier alpha value is -2.02. The second kappa shape index (κ2) is 4.34. The van der Waals surface area contributed by atoms with Crippen molar-refractivity contribution in [3.63, 3.8) is 0 Å². The Morgan fingerprint density at radius 3 is 2.61 bits per heavy atom. The van der Waals surface area contributed by atoms with Crippen LogP contribution in [0.1, 0.15) is 0 Å². The van der Waals surface area contributed by atoms with E-state index in [-0.39, 0.29) is 4.90 Å². The van der Waals surface area contributed by atoms with Crippen molar-refractivity contribution in [1.29, 1.82) is 0 Å². The van der Waals surface area contributed by atoms with E-state index in [1.807, 2.05) is 0 Å². The third-order valence-electron chi connectivity index (χ3n) is 2.47. The Bertz CT molecular complexity index is 677. The van der Waals surface area contributed by atoms with Gasteiger partial charge in [0.15, 0.2) is 9.84 Å². The van der Waals surface area contributed by atoms with Gasteiger partial charge in [0, 0.05) is 18.5 Å². The quantitative estimate of drug-likeness (QED) is 0.834. The van der Waals surface area contributed by atoms with E-state index in [0.29, 0.717) is 17.1 Å². The second-order valence-corrected chi connectivity index (χ2v) is 5.83. The Kier molecular flexibility index (Phi) is 3.00. The standard InChI is InChI=1S/C11H13N3O3S/c1-17-8-3-4-11(10(12)5-8)14-7-9(6-13-14)18(2,15)16/h3-7H,12H2,1-2H3. The van der Waals surface area contributed by atoms with Gasteiger partial charge in [-0.3, -0.25) is 0 Å². The lowest BCUT2D eigenvalue weighted by molar-refractivity contribution is 0.415. The van der Waals surface area contributed by atoms with Crippen molar-refractivity contribution in [1.82, 2.24) is 9.78 Å². The molecule has 0 fully saturated rings. The molecule has 0 atom stereocenters. The van der Waals surface area contributed by atoms with E-state index in [0.717, 1.165) is 6.26 Å². The number of ether oxygens (including phenoxy) is 1. The molecule has 0 amide bonds. The number of benzene rings is 1. The molecule has 2 N–H and O–H groups in total. The zero-order valence-corrected chi connectivity index (χ0v) is 10.8. The normalized spacial score (nSPS) is 11.4. The van der Waals surface area contributed by atoms with Crippen LogP contribution in [0.5, 0.6) is 5.75 Å². The van der Waals surface area contributed by atoms with Crippen LogP contribution in [0.4, 0.5) is 5.69 Å². The van der Waals surface area contributed by atoms with Crippen molar-refractivity contribution in [3.05, 3.63) is 30.6 Å². The second-order valence-electron chi connectivity index (χ2n) is 3.82. The Morgan fingerprint density at radius 2 is 2.11 bits per heavy atom. The van der Waals surface area contributed by atoms with Gasteiger partial charge < -0.3 is 10.5 Å². The van der Waals surface area contributed by atoms with Crippen molar-refractivity contribution in [2.24, 2.45) is 0 Å². The van der Waals surface area contributed by atoms with Gasteiger partial charge in [-0.1, -0.05) is 0 Å². The molecule has 0 spiro atoms. The van der Waals surface area contributed by atoms with Crippen LogP contribution >= 0.6 is 0 Å². The van der Waals surface area contributed by atoms with Gasteiger partial charge >= 0.3 is 0 Å². The molecule has 0 unspecified atom stereocenters. The molecule has 1 aromatic heterocycles. The smallest absolute Gasteiger partial charge is 0.178 e. The fraction of sp³-hybridized carbons (Fsp3) is 0.182. The zero-order chi connectivity index (χ0) is 13.3. The summed E-state index contributed by atoms with van der Waals surface area (Å²) in [6.07, 6.45) is 3.85. The van der Waals surface area contributed by atoms with Gasteiger partial charge in [0.05, 0.1) is 24.7 Å². The molecule has 0 bridgehead atoms. The van der Waals surface area contributed by atoms with Gasteiger partial charge in [-0.2, -0.15) is 5.10 Å². The Balaban J connectivity index is 2.47. The van der Waals surface area contributed by atoms with Crippen molar-refractivity contribution < 1.29 is 13.2 Å². The van der Waals surface area contributed by atoms with E-state index in [2.05, 4.69) is 5.10 Å². The molecule has 0 saturated carbocycles. The topological polar surface area (TPSA) is 87.2 Å². The number of hydrogen-bond donors (Lipinski definition) is 1. The molecule has 0 aliphatic carbocycles. The van der Waals surface area contributed by atoms with Crippen molar-refractivity contribution in [3.8, 4) is 11.4 Å². The van der Waals surface area contributed by atoms with Gasteiger partial charge in [-0.05, 0) is 12.1 Å². The lowest BCUT2D eigenvalue weighted by Crippen LogP contribution is -2.01. The van der Waals surface area contributed by atoms with Crippen molar-refractivity contribution in [2.45, 2.75) is 4.90 Å². The van der Waals surface area contributed by atoms with Crippen LogP contribution in [0.2, 0.25) is 0 Å². The number of methoxy groups -OCH3 is 1. The fourth-order valence-electron chi connectivity index (χ4n) is 1.50. The highest BCUT2D eigenvalue weighted by Gasteiger charge is 2.12. The minimum Gasteiger partial charge on any atom is -0.497 e. The first-order chi connectivity index (χ1) is 8.41. The molecule has 0 saturated heterocycles. The molecule has 0 radical (unpaired) electrons. The van der Waals surface area contributed by atoms with Crippen LogP contribution in [0.3, 0.4) is 0 Å². The number of rotatable bonds is 3. The maximum Gasteiger partial charge on any atom is 0.178 e. The molecular weight excluding hydrogens is 254 g/mol. The Labute approximate surface area is 105 Å². The van der Waals surface area contributed by atoms with E-state index in [1.165, 1.54) is 17.1 Å². The number of nitrogens with two attached hydrogens (primary N) is 1. The molecule has 7 heteroatoms. The molecule has 18 heavy (non-hydrogen) atoms. The molecule has 2 aromatic rings. The number of hydrogen-bond acceptors (Lipinski definition) is 5. The van der Waals surface area contributed by atoms with E-state index < -0.39 is 9.84 Å². The highest BCUT2D eigenvalue weighted by Crippen LogP contribution is 2.23. The van der Waals surface area contributed by atoms with Gasteiger partial charge in [-0.15, -0.1) is 0 Å². The summed E-state index contributed by atoms with van der Waals surface area (Å²) in [5.41, 5.74) is 6.92. The lowest BCUT2D eigenvalue weighted by Gasteiger charge is -2.07. The molecule has 96 valence electrons. The average Bonchev–Trinajstić information content (AvgIpc) is 2.77. The van der Waals surface area contributed by atoms with Gasteiger partial charge in [0.1, 0.15) is 10.6 Å². The minimum atomic E-state index is -3.26. The largest absolute Gasteiger partial charge is 0.497 e. The monoisotopic (exact) mass is 267 g/mol. The van der Waals surface area contributed by atoms with Crippen LogP contribution < -0.4 is 10.5 Å². The summed E-state index contributed by atoms with van der Waals surface area (Å²) in [7, 11) is -1.72. The van der Waals surface area contributed by atoms with Crippen LogP contribution in [0.25, 0.3) is 5.69 Å². The first-order valence-electron chi connectivity index (χ1n) is 5.10. The summed E-state index contributed by atoms with van der Waals surface area (Å²) < 4.78 is 29.2. The molecule has 0 aliphatic heterocycles. The molecule has 0 aliphatic rings. The number of sulfone groups is 1. The summed E-state index contributed by atoms with van der Waals surface area (Å²) in [6, 6.07) is 5.10. The van der Waals surface area contributed by atoms with Gasteiger partial charge in [-0.25, -0.2) is 13.1 Å². The predicted octanol–water partition coefficient (Wildman–Crippen LogP) is 0.867. The third kappa shape index (κ3) is 2.30. The average molecular weight is 267 g/mol. The highest BCUT2D eigenvalue weighted by molar-refractivity contribution is 7.90. The maximum atomic E-state index is 11.4. The SMILES string of the molecule is COc1ccc(-n2cc(S(C)(=O)=O)cn2)c(N)c1. The fourth-order valence-corrected chi connectivity index (χ4v) is 2.03. The summed E-state index contributed by atoms with van der Waals surface area (Å²) in [4.78, 5) is 0.151. The summed E-state index contributed by atoms with van der Waals surface area (Å²) >= 11 is 0. The number of anilines is 1. The van der Waals surface area contributed by atoms with E-state index in [9.17, 15) is 8.42 Å². The Morgan fingerprint density at radius 1 is 1.39 bits per heavy atom. The summed E-state index contributed by atoms with van der Waals surface area (Å²) in [5, 5.41) is 3.99. The molecule has 2 rings (SSSR count). The lowest BCUT2D eigenvalue weighted by atomic mass is 10.2. The van der Waals surface area contributed by atoms with Crippen LogP contribution in [-0.2, 0) is 9.84 Å². The number of nitrogens with zero attached hydrogens (tertiary/aromatic N) is 2. The van der Waals surface area contributed by atoms with E-state index in [1.54, 1.807) is 25.3 Å². The zero-order valence-electron chi connectivity index (χ0n) is 9.99. The van der Waals surface area contributed by atoms with Gasteiger partial charge in [0.2, 0.25) is 0 Å². The highest BCUT2D eigenvalue weighted by atomic mass is 32.2. The van der Waals surface area contributed by atoms with Crippen molar-refractivity contribution >= 4 is 15.5 Å². The minimum absolute atomic E-state index is 0.151. The van der Waals surface area contributed by atoms with E-state index in [4.69, 9.17) is 10.5 Å². The van der Waals surface area contributed by atoms with Gasteiger partial charge in [0.25, 0.3) is 0 Å². The number of aromatic nitrogens is 2. The molecule has 1 aromatic carbocycles. The number of nitrogen functional groups attached to an aromatic ring is 1. The van der Waals surface area contributed by atoms with E-state index >= 15 is 0 Å². The van der Waals surface area contributed by atoms with Crippen LogP contribution in [0, 0.1) is 0 Å². The summed E-state index contributed by atoms with van der Waals surface area (Å²) in [5.74, 6) is 0.631. The first kappa shape index (κ1) is 12.4. The summed E-state index contributed by atoms with van der Waals surface area (Å²) in [6.45, 7) is 0. The first-order valence-corrected chi connectivity index (χ1v) is 6.99. The molecular formula is C11H13N3O3S. The van der Waals surface area contributed by atoms with Crippen LogP contribution in [0.15, 0.2) is 35.5 Å². The third-order valence-corrected chi connectivity index (χ3v) is 3.54. The van der Waals surface area contributed by atoms with Crippen LogP contribution in [-0.4, -0.2) is 31.6 Å². The molecule has 6 nitrogen and oxygen atoms in total. The maximum absolute atomic E-state index is 11.4. The van der Waals surface area contributed by atoms with Crippen molar-refractivity contribution in [2.75, 3.05) is 19.1 Å². The molecule has 1 heterocycles.